The Morgan fingerprint density at radius 2 is 1.39 bits per heavy atom. The predicted octanol–water partition coefficient (Wildman–Crippen LogP) is 6.45. The summed E-state index contributed by atoms with van der Waals surface area (Å²) in [4.78, 5) is 4.72. The van der Waals surface area contributed by atoms with E-state index in [-0.39, 0.29) is 50.8 Å². The van der Waals surface area contributed by atoms with E-state index in [1.807, 2.05) is 0 Å². The molecule has 0 heterocycles. The lowest BCUT2D eigenvalue weighted by Crippen LogP contribution is -2.11. The lowest BCUT2D eigenvalue weighted by atomic mass is 10.1. The maximum absolute atomic E-state index is 12.4. The van der Waals surface area contributed by atoms with E-state index in [1.165, 1.54) is 42.5 Å². The van der Waals surface area contributed by atoms with Gasteiger partial charge in [0.25, 0.3) is 10.1 Å². The van der Waals surface area contributed by atoms with Crippen LogP contribution in [-0.4, -0.2) is 72.2 Å². The van der Waals surface area contributed by atoms with Gasteiger partial charge in [-0.2, -0.15) is 31.4 Å². The van der Waals surface area contributed by atoms with Gasteiger partial charge in [-0.25, -0.2) is 23.8 Å². The summed E-state index contributed by atoms with van der Waals surface area (Å²) in [5, 5.41) is 50.9. The molecule has 0 aliphatic carbocycles. The zero-order valence-electron chi connectivity index (χ0n) is 27.4. The zero-order chi connectivity index (χ0) is 40.7. The maximum atomic E-state index is 12.4. The molecule has 0 bridgehead atoms. The monoisotopic (exact) mass is 903 g/mol. The zero-order valence-corrected chi connectivity index (χ0v) is 32.3. The SMILES string of the molecule is Nc1c(N=Nc2ccc(S(=O)OCCOS(=O)(=O)O)cc2)c(S(=O)(=O)O)cc2cc(SOOO)c(N=Nc3ccc(SOOCCOSOOO)cc3)c(O)c12. The van der Waals surface area contributed by atoms with Gasteiger partial charge in [-0.15, -0.1) is 18.9 Å². The predicted molar refractivity (Wildman–Crippen MR) is 193 cm³/mol. The molecule has 0 aliphatic heterocycles. The average Bonchev–Trinajstić information content (AvgIpc) is 3.15. The molecule has 30 heteroatoms. The fraction of sp³-hybridized carbons (Fsp3) is 0.154. The average molecular weight is 904 g/mol. The highest BCUT2D eigenvalue weighted by Crippen LogP contribution is 2.49. The van der Waals surface area contributed by atoms with Crippen LogP contribution in [-0.2, 0) is 72.1 Å². The van der Waals surface area contributed by atoms with Gasteiger partial charge in [0.05, 0.1) is 76.1 Å². The number of phenols is 1. The van der Waals surface area contributed by atoms with Crippen LogP contribution >= 0.6 is 36.4 Å². The molecule has 4 rings (SSSR count). The second-order valence-electron chi connectivity index (χ2n) is 9.71. The van der Waals surface area contributed by atoms with E-state index in [9.17, 15) is 30.7 Å². The highest BCUT2D eigenvalue weighted by molar-refractivity contribution is 7.95. The molecular formula is C26H25N5O19S6. The van der Waals surface area contributed by atoms with E-state index < -0.39 is 66.8 Å². The molecule has 304 valence electrons. The molecule has 0 saturated heterocycles. The smallest absolute Gasteiger partial charge is 0.397 e. The summed E-state index contributed by atoms with van der Waals surface area (Å²) < 4.78 is 104. The number of aromatic hydroxyl groups is 1. The molecule has 1 unspecified atom stereocenters. The van der Waals surface area contributed by atoms with E-state index in [0.717, 1.165) is 18.1 Å². The van der Waals surface area contributed by atoms with E-state index in [4.69, 9.17) is 38.4 Å². The molecule has 0 saturated carbocycles. The summed E-state index contributed by atoms with van der Waals surface area (Å²) in [7, 11) is -9.73. The van der Waals surface area contributed by atoms with Crippen LogP contribution < -0.4 is 5.73 Å². The molecule has 24 nitrogen and oxygen atoms in total. The van der Waals surface area contributed by atoms with Crippen molar-refractivity contribution in [3.05, 3.63) is 60.7 Å². The van der Waals surface area contributed by atoms with Crippen molar-refractivity contribution < 1.29 is 86.3 Å². The summed E-state index contributed by atoms with van der Waals surface area (Å²) in [6.07, 6.45) is 0. The topological polar surface area (TPSA) is 345 Å². The molecule has 0 aliphatic rings. The third-order valence-corrected chi connectivity index (χ3v) is 10.2. The normalized spacial score (nSPS) is 13.0. The van der Waals surface area contributed by atoms with E-state index in [0.29, 0.717) is 29.3 Å². The maximum Gasteiger partial charge on any atom is 0.397 e. The Morgan fingerprint density at radius 1 is 0.750 bits per heavy atom. The highest BCUT2D eigenvalue weighted by atomic mass is 32.3. The Morgan fingerprint density at radius 3 is 2.02 bits per heavy atom. The summed E-state index contributed by atoms with van der Waals surface area (Å²) >= 11 is -0.500. The quantitative estimate of drug-likeness (QED) is 0.00885. The van der Waals surface area contributed by atoms with Gasteiger partial charge in [0, 0.05) is 4.90 Å². The molecule has 0 amide bonds. The summed E-state index contributed by atoms with van der Waals surface area (Å²) in [5.74, 6) is -0.657. The minimum atomic E-state index is -5.03. The van der Waals surface area contributed by atoms with Gasteiger partial charge in [0.15, 0.2) is 29.2 Å². The fourth-order valence-corrected chi connectivity index (χ4v) is 6.78. The number of nitrogens with two attached hydrogens (primary N) is 1. The number of fused-ring (bicyclic) bond motifs is 1. The number of benzene rings is 4. The van der Waals surface area contributed by atoms with Crippen molar-refractivity contribution in [2.45, 2.75) is 19.6 Å². The van der Waals surface area contributed by atoms with Gasteiger partial charge < -0.3 is 10.8 Å². The van der Waals surface area contributed by atoms with Crippen molar-refractivity contribution in [2.24, 2.45) is 20.5 Å². The van der Waals surface area contributed by atoms with Gasteiger partial charge in [0.1, 0.15) is 22.9 Å². The van der Waals surface area contributed by atoms with Crippen LogP contribution in [0, 0.1) is 0 Å². The second kappa shape index (κ2) is 21.9. The van der Waals surface area contributed by atoms with Gasteiger partial charge in [0.2, 0.25) is 0 Å². The minimum absolute atomic E-state index is 0.00762. The highest BCUT2D eigenvalue weighted by Gasteiger charge is 2.25. The van der Waals surface area contributed by atoms with Crippen molar-refractivity contribution >= 4 is 107 Å². The number of phenolic OH excluding ortho intramolecular Hbond substituents is 1. The summed E-state index contributed by atoms with van der Waals surface area (Å²) in [5.41, 5.74) is 5.34. The van der Waals surface area contributed by atoms with Crippen LogP contribution in [0.2, 0.25) is 0 Å². The second-order valence-corrected chi connectivity index (χ2v) is 15.4. The Kier molecular flexibility index (Phi) is 17.7. The molecule has 0 aromatic heterocycles. The van der Waals surface area contributed by atoms with Crippen LogP contribution in [0.5, 0.6) is 5.75 Å². The molecule has 56 heavy (non-hydrogen) atoms. The van der Waals surface area contributed by atoms with Gasteiger partial charge >= 0.3 is 10.4 Å². The van der Waals surface area contributed by atoms with E-state index in [1.54, 1.807) is 12.1 Å². The largest absolute Gasteiger partial charge is 0.505 e. The molecule has 4 aromatic rings. The van der Waals surface area contributed by atoms with E-state index in [2.05, 4.69) is 43.4 Å². The third-order valence-electron chi connectivity index (χ3n) is 6.18. The molecule has 0 spiro atoms. The fourth-order valence-electron chi connectivity index (χ4n) is 3.98. The molecule has 1 atom stereocenters. The first-order valence-corrected chi connectivity index (χ1v) is 20.4. The summed E-state index contributed by atoms with van der Waals surface area (Å²) in [6.45, 7) is -1.02. The molecular weight excluding hydrogens is 879 g/mol. The van der Waals surface area contributed by atoms with E-state index >= 15 is 0 Å². The van der Waals surface area contributed by atoms with Crippen molar-refractivity contribution in [3.63, 3.8) is 0 Å². The number of nitrogen functional groups attached to an aromatic ring is 1. The van der Waals surface area contributed by atoms with Crippen molar-refractivity contribution in [1.29, 1.82) is 0 Å². The number of anilines is 1. The first kappa shape index (κ1) is 45.2. The van der Waals surface area contributed by atoms with Crippen LogP contribution in [0.15, 0.2) is 101 Å². The molecule has 7 N–H and O–H groups in total. The van der Waals surface area contributed by atoms with Crippen LogP contribution in [0.1, 0.15) is 0 Å². The van der Waals surface area contributed by atoms with Gasteiger partial charge in [-0.3, -0.25) is 17.5 Å². The van der Waals surface area contributed by atoms with Crippen molar-refractivity contribution in [3.8, 4) is 5.75 Å². The number of rotatable bonds is 23. The Balaban J connectivity index is 1.58. The Hall–Kier alpha value is -3.48. The number of hydrogen-bond donors (Lipinski definition) is 6. The van der Waals surface area contributed by atoms with Crippen molar-refractivity contribution in [2.75, 3.05) is 32.2 Å². The van der Waals surface area contributed by atoms with Crippen LogP contribution in [0.4, 0.5) is 28.4 Å². The lowest BCUT2D eigenvalue weighted by molar-refractivity contribution is -0.434. The lowest BCUT2D eigenvalue weighted by Gasteiger charge is -2.14. The standard InChI is InChI=1S/C26H25N5O19S6/c27-23-22-15(14-21(55(36,37)38)25(23)31-29-17-3-7-19(8-4-17)54(35)44-11-12-45-56(39,40)41)13-20(52-49-46-33)24(26(22)32)30-28-16-1-5-18(6-2-16)51-48-42-9-10-43-53-50-47-34/h1-8,13-14,32-34H,9-12,27H2,(H,36,37,38)(H,39,40,41). The van der Waals surface area contributed by atoms with Crippen molar-refractivity contribution in [1.82, 2.24) is 0 Å². The van der Waals surface area contributed by atoms with Gasteiger partial charge in [-0.1, -0.05) is 10.1 Å². The molecule has 0 fully saturated rings. The molecule has 0 radical (unpaired) electrons. The Labute approximate surface area is 330 Å². The Bertz CT molecular complexity index is 2250. The summed E-state index contributed by atoms with van der Waals surface area (Å²) in [6, 6.07) is 13.6. The minimum Gasteiger partial charge on any atom is -0.505 e. The van der Waals surface area contributed by atoms with Crippen LogP contribution in [0.25, 0.3) is 10.8 Å². The number of hydrogen-bond acceptors (Lipinski definition) is 25. The number of nitrogens with zero attached hydrogens (tertiary/aromatic N) is 4. The first-order valence-electron chi connectivity index (χ1n) is 14.4. The molecule has 4 aromatic carbocycles. The van der Waals surface area contributed by atoms with Gasteiger partial charge in [-0.05, 0) is 66.0 Å². The first-order chi connectivity index (χ1) is 26.7. The third kappa shape index (κ3) is 13.9. The number of azo groups is 2. The van der Waals surface area contributed by atoms with Crippen LogP contribution in [0.3, 0.4) is 0 Å².